The zero-order chi connectivity index (χ0) is 21.4. The third kappa shape index (κ3) is 4.89. The molecule has 1 aromatic carbocycles. The van der Waals surface area contributed by atoms with Gasteiger partial charge in [0.1, 0.15) is 17.3 Å². The Morgan fingerprint density at radius 2 is 1.79 bits per heavy atom. The Bertz CT molecular complexity index is 884. The molecular weight excluding hydrogens is 402 g/mol. The molecule has 0 bridgehead atoms. The second-order valence-electron chi connectivity index (χ2n) is 6.97. The zero-order valence-electron chi connectivity index (χ0n) is 15.3. The van der Waals surface area contributed by atoms with Crippen LogP contribution >= 0.6 is 0 Å². The summed E-state index contributed by atoms with van der Waals surface area (Å²) in [5.74, 6) is -1.05. The monoisotopic (exact) mass is 420 g/mol. The molecule has 0 spiro atoms. The minimum atomic E-state index is -4.85. The van der Waals surface area contributed by atoms with Gasteiger partial charge in [-0.2, -0.15) is 26.3 Å². The molecular formula is C18H18F6N4O. The van der Waals surface area contributed by atoms with E-state index in [4.69, 9.17) is 0 Å². The summed E-state index contributed by atoms with van der Waals surface area (Å²) in [6, 6.07) is 2.35. The molecule has 0 saturated carbocycles. The van der Waals surface area contributed by atoms with Crippen molar-refractivity contribution in [2.45, 2.75) is 31.2 Å². The summed E-state index contributed by atoms with van der Waals surface area (Å²) < 4.78 is 79.0. The SMILES string of the molecule is CN1CCC[C@H](Nc2cc(C(F)(F)F)c(-c3ccc(C(F)(F)F)cc3O)nn2)C1. The average Bonchev–Trinajstić information content (AvgIpc) is 2.60. The molecule has 1 saturated heterocycles. The third-order valence-corrected chi connectivity index (χ3v) is 4.66. The number of phenols is 1. The molecule has 0 amide bonds. The summed E-state index contributed by atoms with van der Waals surface area (Å²) in [6.07, 6.45) is -7.95. The Balaban J connectivity index is 1.97. The second-order valence-corrected chi connectivity index (χ2v) is 6.97. The van der Waals surface area contributed by atoms with Crippen LogP contribution in [0.3, 0.4) is 0 Å². The van der Waals surface area contributed by atoms with Crippen LogP contribution in [-0.2, 0) is 12.4 Å². The molecule has 29 heavy (non-hydrogen) atoms. The smallest absolute Gasteiger partial charge is 0.418 e. The zero-order valence-corrected chi connectivity index (χ0v) is 15.3. The van der Waals surface area contributed by atoms with Crippen molar-refractivity contribution in [3.8, 4) is 17.0 Å². The number of nitrogens with zero attached hydrogens (tertiary/aromatic N) is 3. The van der Waals surface area contributed by atoms with Gasteiger partial charge in [0.05, 0.1) is 11.1 Å². The summed E-state index contributed by atoms with van der Waals surface area (Å²) in [5, 5.41) is 20.1. The van der Waals surface area contributed by atoms with Gasteiger partial charge in [-0.05, 0) is 50.7 Å². The number of likely N-dealkylation sites (N-methyl/N-ethyl adjacent to an activating group) is 1. The van der Waals surface area contributed by atoms with Crippen LogP contribution in [0.5, 0.6) is 5.75 Å². The largest absolute Gasteiger partial charge is 0.507 e. The Labute approximate surface area is 162 Å². The maximum Gasteiger partial charge on any atom is 0.418 e. The Morgan fingerprint density at radius 3 is 2.38 bits per heavy atom. The highest BCUT2D eigenvalue weighted by atomic mass is 19.4. The minimum Gasteiger partial charge on any atom is -0.507 e. The van der Waals surface area contributed by atoms with Gasteiger partial charge in [0.25, 0.3) is 0 Å². The summed E-state index contributed by atoms with van der Waals surface area (Å²) in [6.45, 7) is 1.52. The molecule has 5 nitrogen and oxygen atoms in total. The number of halogens is 6. The van der Waals surface area contributed by atoms with E-state index in [0.717, 1.165) is 31.5 Å². The Hall–Kier alpha value is -2.56. The van der Waals surface area contributed by atoms with Crippen LogP contribution in [-0.4, -0.2) is 46.4 Å². The Kier molecular flexibility index (Phi) is 5.61. The number of phenolic OH excluding ortho intramolecular Hbond substituents is 1. The quantitative estimate of drug-likeness (QED) is 0.722. The van der Waals surface area contributed by atoms with E-state index in [2.05, 4.69) is 15.5 Å². The molecule has 0 aliphatic carbocycles. The lowest BCUT2D eigenvalue weighted by molar-refractivity contribution is -0.138. The molecule has 1 atom stereocenters. The van der Waals surface area contributed by atoms with Crippen molar-refractivity contribution in [2.24, 2.45) is 0 Å². The number of nitrogens with one attached hydrogen (secondary N) is 1. The summed E-state index contributed by atoms with van der Waals surface area (Å²) in [4.78, 5) is 2.04. The molecule has 2 heterocycles. The number of likely N-dealkylation sites (tertiary alicyclic amines) is 1. The van der Waals surface area contributed by atoms with E-state index in [1.54, 1.807) is 0 Å². The number of hydrogen-bond acceptors (Lipinski definition) is 5. The van der Waals surface area contributed by atoms with Gasteiger partial charge < -0.3 is 15.3 Å². The van der Waals surface area contributed by atoms with Crippen LogP contribution in [0.2, 0.25) is 0 Å². The first-order valence-corrected chi connectivity index (χ1v) is 8.75. The van der Waals surface area contributed by atoms with E-state index < -0.39 is 40.5 Å². The van der Waals surface area contributed by atoms with E-state index in [0.29, 0.717) is 18.7 Å². The lowest BCUT2D eigenvalue weighted by Gasteiger charge is -2.30. The first kappa shape index (κ1) is 21.2. The molecule has 2 aromatic rings. The fraction of sp³-hybridized carbons (Fsp3) is 0.444. The molecule has 3 rings (SSSR count). The topological polar surface area (TPSA) is 61.3 Å². The van der Waals surface area contributed by atoms with Crippen molar-refractivity contribution in [2.75, 3.05) is 25.5 Å². The fourth-order valence-corrected chi connectivity index (χ4v) is 3.28. The molecule has 2 N–H and O–H groups in total. The van der Waals surface area contributed by atoms with Crippen LogP contribution in [0.4, 0.5) is 32.2 Å². The van der Waals surface area contributed by atoms with Gasteiger partial charge in [-0.25, -0.2) is 0 Å². The van der Waals surface area contributed by atoms with E-state index in [1.165, 1.54) is 0 Å². The standard InChI is InChI=1S/C18H18F6N4O/c1-28-6-2-3-11(9-28)25-15-8-13(18(22,23)24)16(27-26-15)12-5-4-10(7-14(12)29)17(19,20)21/h4-5,7-8,11,29H,2-3,6,9H2,1H3,(H,25,26)/t11-/m0/s1. The molecule has 158 valence electrons. The number of alkyl halides is 6. The van der Waals surface area contributed by atoms with Crippen molar-refractivity contribution in [3.63, 3.8) is 0 Å². The average molecular weight is 420 g/mol. The number of aromatic nitrogens is 2. The van der Waals surface area contributed by atoms with Crippen LogP contribution in [0, 0.1) is 0 Å². The van der Waals surface area contributed by atoms with Gasteiger partial charge in [-0.3, -0.25) is 0 Å². The number of rotatable bonds is 3. The van der Waals surface area contributed by atoms with Crippen molar-refractivity contribution in [1.29, 1.82) is 0 Å². The molecule has 1 fully saturated rings. The van der Waals surface area contributed by atoms with Crippen LogP contribution in [0.1, 0.15) is 24.0 Å². The first-order chi connectivity index (χ1) is 13.4. The highest BCUT2D eigenvalue weighted by Crippen LogP contribution is 2.41. The van der Waals surface area contributed by atoms with Gasteiger partial charge in [0.15, 0.2) is 0 Å². The third-order valence-electron chi connectivity index (χ3n) is 4.66. The predicted octanol–water partition coefficient (Wildman–Crippen LogP) is 4.39. The molecule has 1 aromatic heterocycles. The first-order valence-electron chi connectivity index (χ1n) is 8.75. The van der Waals surface area contributed by atoms with Crippen LogP contribution in [0.25, 0.3) is 11.3 Å². The van der Waals surface area contributed by atoms with E-state index >= 15 is 0 Å². The molecule has 0 unspecified atom stereocenters. The number of hydrogen-bond donors (Lipinski definition) is 2. The number of benzene rings is 1. The number of piperidine rings is 1. The molecule has 0 radical (unpaired) electrons. The van der Waals surface area contributed by atoms with E-state index in [1.807, 2.05) is 11.9 Å². The minimum absolute atomic E-state index is 0.0900. The number of aromatic hydroxyl groups is 1. The number of anilines is 1. The van der Waals surface area contributed by atoms with Crippen molar-refractivity contribution < 1.29 is 31.4 Å². The fourth-order valence-electron chi connectivity index (χ4n) is 3.28. The van der Waals surface area contributed by atoms with Gasteiger partial charge in [-0.15, -0.1) is 10.2 Å². The highest BCUT2D eigenvalue weighted by molar-refractivity contribution is 5.71. The molecule has 1 aliphatic rings. The highest BCUT2D eigenvalue weighted by Gasteiger charge is 2.37. The van der Waals surface area contributed by atoms with Crippen molar-refractivity contribution in [3.05, 3.63) is 35.4 Å². The normalized spacial score (nSPS) is 18.7. The summed E-state index contributed by atoms with van der Waals surface area (Å²) in [7, 11) is 1.90. The van der Waals surface area contributed by atoms with Gasteiger partial charge >= 0.3 is 12.4 Å². The second kappa shape index (κ2) is 7.69. The van der Waals surface area contributed by atoms with Gasteiger partial charge in [0, 0.05) is 18.2 Å². The Morgan fingerprint density at radius 1 is 1.07 bits per heavy atom. The lowest BCUT2D eigenvalue weighted by atomic mass is 10.0. The van der Waals surface area contributed by atoms with Gasteiger partial charge in [0.2, 0.25) is 0 Å². The van der Waals surface area contributed by atoms with E-state index in [-0.39, 0.29) is 11.9 Å². The van der Waals surface area contributed by atoms with Crippen LogP contribution < -0.4 is 5.32 Å². The summed E-state index contributed by atoms with van der Waals surface area (Å²) >= 11 is 0. The summed E-state index contributed by atoms with van der Waals surface area (Å²) in [5.41, 5.74) is -3.61. The van der Waals surface area contributed by atoms with Crippen LogP contribution in [0.15, 0.2) is 24.3 Å². The van der Waals surface area contributed by atoms with Crippen molar-refractivity contribution >= 4 is 5.82 Å². The predicted molar refractivity (Wildman–Crippen MR) is 93.3 cm³/mol. The van der Waals surface area contributed by atoms with E-state index in [9.17, 15) is 31.4 Å². The molecule has 1 aliphatic heterocycles. The molecule has 11 heteroatoms. The lowest BCUT2D eigenvalue weighted by Crippen LogP contribution is -2.40. The van der Waals surface area contributed by atoms with Crippen molar-refractivity contribution in [1.82, 2.24) is 15.1 Å². The van der Waals surface area contributed by atoms with Gasteiger partial charge in [-0.1, -0.05) is 0 Å². The maximum absolute atomic E-state index is 13.6. The maximum atomic E-state index is 13.6.